The average Bonchev–Trinajstić information content (AvgIpc) is 1.93. The predicted molar refractivity (Wildman–Crippen MR) is 48.6 cm³/mol. The van der Waals surface area contributed by atoms with Gasteiger partial charge in [0.25, 0.3) is 0 Å². The first-order chi connectivity index (χ1) is 4.81. The highest BCUT2D eigenvalue weighted by Crippen LogP contribution is 1.91. The third kappa shape index (κ3) is 10.6. The highest BCUT2D eigenvalue weighted by molar-refractivity contribution is 5.23. The minimum Gasteiger partial charge on any atom is -0.326 e. The molecule has 0 aromatic rings. The topological polar surface area (TPSA) is 38.4 Å². The predicted octanol–water partition coefficient (Wildman–Crippen LogP) is 1.84. The Morgan fingerprint density at radius 1 is 1.50 bits per heavy atom. The van der Waals surface area contributed by atoms with Crippen LogP contribution in [0.4, 0.5) is 0 Å². The monoisotopic (exact) mass is 144 g/mol. The van der Waals surface area contributed by atoms with Gasteiger partial charge in [-0.25, -0.2) is 0 Å². The molecule has 0 saturated carbocycles. The van der Waals surface area contributed by atoms with E-state index in [0.717, 1.165) is 12.8 Å². The summed E-state index contributed by atoms with van der Waals surface area (Å²) in [5.74, 6) is 0. The second-order valence-corrected chi connectivity index (χ2v) is 1.95. The van der Waals surface area contributed by atoms with Crippen molar-refractivity contribution in [2.45, 2.75) is 39.7 Å². The molecule has 0 aromatic heterocycles. The molecular formula is C8H20N2. The standard InChI is InChI=1S/C6H14N2.C2H6/c1-3-4-6(7)5-8-2;1-2/h6H,2-5,7H2,1H3;1-2H3. The molecule has 0 heterocycles. The van der Waals surface area contributed by atoms with Gasteiger partial charge in [0.05, 0.1) is 6.54 Å². The van der Waals surface area contributed by atoms with E-state index in [4.69, 9.17) is 5.73 Å². The van der Waals surface area contributed by atoms with E-state index < -0.39 is 0 Å². The number of hydrogen-bond donors (Lipinski definition) is 1. The van der Waals surface area contributed by atoms with Gasteiger partial charge in [0, 0.05) is 6.04 Å². The number of aliphatic imine (C=N–C) groups is 1. The van der Waals surface area contributed by atoms with Crippen molar-refractivity contribution in [1.82, 2.24) is 0 Å². The van der Waals surface area contributed by atoms with Gasteiger partial charge in [-0.3, -0.25) is 4.99 Å². The molecule has 0 radical (unpaired) electrons. The summed E-state index contributed by atoms with van der Waals surface area (Å²) in [7, 11) is 0. The fourth-order valence-corrected chi connectivity index (χ4v) is 0.628. The SMILES string of the molecule is C=NCC(N)CCC.CC. The molecule has 0 aliphatic carbocycles. The molecule has 1 unspecified atom stereocenters. The highest BCUT2D eigenvalue weighted by Gasteiger charge is 1.95. The van der Waals surface area contributed by atoms with Crippen LogP contribution in [0.5, 0.6) is 0 Å². The van der Waals surface area contributed by atoms with Gasteiger partial charge in [-0.1, -0.05) is 27.2 Å². The summed E-state index contributed by atoms with van der Waals surface area (Å²) in [6.07, 6.45) is 2.19. The Morgan fingerprint density at radius 3 is 2.30 bits per heavy atom. The van der Waals surface area contributed by atoms with E-state index in [1.165, 1.54) is 0 Å². The largest absolute Gasteiger partial charge is 0.326 e. The zero-order valence-electron chi connectivity index (χ0n) is 7.43. The Balaban J connectivity index is 0. The third-order valence-electron chi connectivity index (χ3n) is 1.02. The summed E-state index contributed by atoms with van der Waals surface area (Å²) in [6.45, 7) is 10.2. The molecule has 2 heteroatoms. The molecule has 10 heavy (non-hydrogen) atoms. The Labute approximate surface area is 64.5 Å². The van der Waals surface area contributed by atoms with Gasteiger partial charge < -0.3 is 5.73 Å². The number of nitrogens with zero attached hydrogens (tertiary/aromatic N) is 1. The van der Waals surface area contributed by atoms with E-state index in [9.17, 15) is 0 Å². The fourth-order valence-electron chi connectivity index (χ4n) is 0.628. The molecule has 0 rings (SSSR count). The van der Waals surface area contributed by atoms with Crippen molar-refractivity contribution in [3.8, 4) is 0 Å². The summed E-state index contributed by atoms with van der Waals surface area (Å²) in [5.41, 5.74) is 5.56. The molecule has 0 aromatic carbocycles. The van der Waals surface area contributed by atoms with Gasteiger partial charge in [0.1, 0.15) is 0 Å². The highest BCUT2D eigenvalue weighted by atomic mass is 14.8. The van der Waals surface area contributed by atoms with Gasteiger partial charge in [-0.2, -0.15) is 0 Å². The number of hydrogen-bond acceptors (Lipinski definition) is 2. The summed E-state index contributed by atoms with van der Waals surface area (Å²) < 4.78 is 0. The van der Waals surface area contributed by atoms with Crippen LogP contribution in [0.1, 0.15) is 33.6 Å². The van der Waals surface area contributed by atoms with E-state index in [-0.39, 0.29) is 6.04 Å². The first-order valence-electron chi connectivity index (χ1n) is 3.99. The van der Waals surface area contributed by atoms with Crippen LogP contribution in [-0.2, 0) is 0 Å². The number of rotatable bonds is 4. The van der Waals surface area contributed by atoms with Crippen molar-refractivity contribution in [3.05, 3.63) is 0 Å². The molecule has 0 bridgehead atoms. The maximum absolute atomic E-state index is 5.56. The second kappa shape index (κ2) is 11.4. The van der Waals surface area contributed by atoms with E-state index in [2.05, 4.69) is 18.6 Å². The van der Waals surface area contributed by atoms with Crippen molar-refractivity contribution < 1.29 is 0 Å². The van der Waals surface area contributed by atoms with E-state index in [1.807, 2.05) is 13.8 Å². The Hall–Kier alpha value is -0.370. The van der Waals surface area contributed by atoms with Crippen molar-refractivity contribution in [2.75, 3.05) is 6.54 Å². The summed E-state index contributed by atoms with van der Waals surface area (Å²) in [4.78, 5) is 3.68. The van der Waals surface area contributed by atoms with Crippen molar-refractivity contribution in [2.24, 2.45) is 10.7 Å². The molecule has 2 N–H and O–H groups in total. The van der Waals surface area contributed by atoms with Crippen molar-refractivity contribution in [1.29, 1.82) is 0 Å². The third-order valence-corrected chi connectivity index (χ3v) is 1.02. The molecule has 62 valence electrons. The minimum atomic E-state index is 0.234. The number of nitrogens with two attached hydrogens (primary N) is 1. The van der Waals surface area contributed by atoms with Gasteiger partial charge in [0.15, 0.2) is 0 Å². The van der Waals surface area contributed by atoms with Gasteiger partial charge in [-0.05, 0) is 13.1 Å². The lowest BCUT2D eigenvalue weighted by molar-refractivity contribution is 0.615. The van der Waals surface area contributed by atoms with Crippen LogP contribution >= 0.6 is 0 Å². The van der Waals surface area contributed by atoms with E-state index >= 15 is 0 Å². The molecule has 0 aliphatic rings. The van der Waals surface area contributed by atoms with Gasteiger partial charge in [0.2, 0.25) is 0 Å². The Kier molecular flexibility index (Phi) is 14.1. The zero-order chi connectivity index (χ0) is 8.41. The summed E-state index contributed by atoms with van der Waals surface area (Å²) in [5, 5.41) is 0. The second-order valence-electron chi connectivity index (χ2n) is 1.95. The zero-order valence-corrected chi connectivity index (χ0v) is 7.43. The molecular weight excluding hydrogens is 124 g/mol. The van der Waals surface area contributed by atoms with Gasteiger partial charge >= 0.3 is 0 Å². The first kappa shape index (κ1) is 12.3. The maximum atomic E-state index is 5.56. The van der Waals surface area contributed by atoms with Crippen LogP contribution in [0, 0.1) is 0 Å². The molecule has 0 fully saturated rings. The molecule has 1 atom stereocenters. The lowest BCUT2D eigenvalue weighted by atomic mass is 10.2. The van der Waals surface area contributed by atoms with Gasteiger partial charge in [-0.15, -0.1) is 0 Å². The van der Waals surface area contributed by atoms with E-state index in [0.29, 0.717) is 6.54 Å². The van der Waals surface area contributed by atoms with Crippen LogP contribution in [0.2, 0.25) is 0 Å². The minimum absolute atomic E-state index is 0.234. The first-order valence-corrected chi connectivity index (χ1v) is 3.99. The average molecular weight is 144 g/mol. The maximum Gasteiger partial charge on any atom is 0.0533 e. The van der Waals surface area contributed by atoms with Crippen LogP contribution in [0.25, 0.3) is 0 Å². The molecule has 2 nitrogen and oxygen atoms in total. The van der Waals surface area contributed by atoms with Crippen molar-refractivity contribution in [3.63, 3.8) is 0 Å². The van der Waals surface area contributed by atoms with Crippen LogP contribution < -0.4 is 5.73 Å². The lowest BCUT2D eigenvalue weighted by Crippen LogP contribution is -2.22. The molecule has 0 spiro atoms. The summed E-state index contributed by atoms with van der Waals surface area (Å²) in [6, 6.07) is 0.234. The molecule has 0 saturated heterocycles. The normalized spacial score (nSPS) is 11.2. The quantitative estimate of drug-likeness (QED) is 0.601. The van der Waals surface area contributed by atoms with Crippen molar-refractivity contribution >= 4 is 6.72 Å². The lowest BCUT2D eigenvalue weighted by Gasteiger charge is -2.03. The Bertz CT molecular complexity index is 62.3. The van der Waals surface area contributed by atoms with E-state index in [1.54, 1.807) is 0 Å². The van der Waals surface area contributed by atoms with Crippen LogP contribution in [0.3, 0.4) is 0 Å². The summed E-state index contributed by atoms with van der Waals surface area (Å²) >= 11 is 0. The fraction of sp³-hybridized carbons (Fsp3) is 0.875. The molecule has 0 amide bonds. The van der Waals surface area contributed by atoms with Crippen LogP contribution in [-0.4, -0.2) is 19.3 Å². The van der Waals surface area contributed by atoms with Crippen LogP contribution in [0.15, 0.2) is 4.99 Å². The Morgan fingerprint density at radius 2 is 2.00 bits per heavy atom. The smallest absolute Gasteiger partial charge is 0.0533 e. The molecule has 0 aliphatic heterocycles.